The average Bonchev–Trinajstić information content (AvgIpc) is 2.36. The van der Waals surface area contributed by atoms with Crippen molar-refractivity contribution in [1.29, 1.82) is 5.26 Å². The molecule has 0 fully saturated rings. The Morgan fingerprint density at radius 1 is 1.53 bits per heavy atom. The Morgan fingerprint density at radius 3 is 2.58 bits per heavy atom. The van der Waals surface area contributed by atoms with Gasteiger partial charge in [0, 0.05) is 13.1 Å². The molecule has 0 spiro atoms. The van der Waals surface area contributed by atoms with E-state index in [1.54, 1.807) is 6.07 Å². The largest absolute Gasteiger partial charge is 0.306 e. The molecule has 7 nitrogen and oxygen atoms in total. The highest BCUT2D eigenvalue weighted by molar-refractivity contribution is 7.89. The van der Waals surface area contributed by atoms with E-state index >= 15 is 0 Å². The van der Waals surface area contributed by atoms with E-state index in [4.69, 9.17) is 5.26 Å². The predicted molar refractivity (Wildman–Crippen MR) is 63.1 cm³/mol. The third kappa shape index (κ3) is 2.86. The van der Waals surface area contributed by atoms with Crippen LogP contribution in [0.25, 0.3) is 0 Å². The molecule has 1 atom stereocenters. The van der Waals surface area contributed by atoms with Crippen molar-refractivity contribution in [3.05, 3.63) is 34.1 Å². The summed E-state index contributed by atoms with van der Waals surface area (Å²) in [5.41, 5.74) is -0.931. The summed E-state index contributed by atoms with van der Waals surface area (Å²) in [6.07, 6.45) is 0. The Morgan fingerprint density at radius 2 is 2.11 bits per heavy atom. The quantitative estimate of drug-likeness (QED) is 0.612. The van der Waals surface area contributed by atoms with Gasteiger partial charge >= 0.3 is 5.69 Å². The molecule has 0 aliphatic carbocycles. The Kier molecular flexibility index (Phi) is 4.18. The second kappa shape index (κ2) is 5.29. The van der Waals surface area contributed by atoms with Crippen molar-refractivity contribution in [2.24, 2.45) is 0 Å². The van der Waals surface area contributed by atoms with Crippen molar-refractivity contribution in [2.45, 2.75) is 17.9 Å². The fourth-order valence-electron chi connectivity index (χ4n) is 1.25. The Bertz CT molecular complexity index is 653. The first kappa shape index (κ1) is 15.0. The molecule has 1 unspecified atom stereocenters. The highest BCUT2D eigenvalue weighted by Gasteiger charge is 2.28. The average molecular weight is 287 g/mol. The van der Waals surface area contributed by atoms with Gasteiger partial charge in [0.2, 0.25) is 15.8 Å². The molecule has 1 aromatic carbocycles. The van der Waals surface area contributed by atoms with Crippen LogP contribution in [0.5, 0.6) is 0 Å². The first-order valence-corrected chi connectivity index (χ1v) is 6.47. The smallest absolute Gasteiger partial charge is 0.258 e. The minimum atomic E-state index is -4.08. The molecule has 0 saturated heterocycles. The van der Waals surface area contributed by atoms with Gasteiger partial charge in [-0.3, -0.25) is 10.1 Å². The minimum Gasteiger partial charge on any atom is -0.258 e. The number of rotatable bonds is 4. The van der Waals surface area contributed by atoms with Gasteiger partial charge in [-0.15, -0.1) is 0 Å². The van der Waals surface area contributed by atoms with Gasteiger partial charge in [-0.25, -0.2) is 8.42 Å². The molecule has 1 rings (SSSR count). The van der Waals surface area contributed by atoms with Crippen LogP contribution < -0.4 is 0 Å². The first-order chi connectivity index (χ1) is 8.71. The van der Waals surface area contributed by atoms with Gasteiger partial charge in [0.25, 0.3) is 0 Å². The summed E-state index contributed by atoms with van der Waals surface area (Å²) in [4.78, 5) is 9.11. The van der Waals surface area contributed by atoms with E-state index < -0.39 is 37.4 Å². The van der Waals surface area contributed by atoms with Gasteiger partial charge < -0.3 is 0 Å². The Labute approximate surface area is 109 Å². The van der Waals surface area contributed by atoms with Crippen LogP contribution in [0.4, 0.5) is 10.1 Å². The third-order valence-electron chi connectivity index (χ3n) is 2.52. The molecule has 0 aromatic heterocycles. The molecule has 0 heterocycles. The summed E-state index contributed by atoms with van der Waals surface area (Å²) >= 11 is 0. The van der Waals surface area contributed by atoms with Gasteiger partial charge in [0.1, 0.15) is 6.04 Å². The lowest BCUT2D eigenvalue weighted by atomic mass is 10.3. The molecular formula is C10H10FN3O4S. The van der Waals surface area contributed by atoms with Gasteiger partial charge in [0.15, 0.2) is 0 Å². The van der Waals surface area contributed by atoms with Crippen molar-refractivity contribution in [3.63, 3.8) is 0 Å². The molecule has 0 bridgehead atoms. The molecule has 0 N–H and O–H groups in total. The maximum atomic E-state index is 13.1. The lowest BCUT2D eigenvalue weighted by Crippen LogP contribution is -2.34. The van der Waals surface area contributed by atoms with E-state index in [-0.39, 0.29) is 0 Å². The van der Waals surface area contributed by atoms with Crippen LogP contribution in [0.1, 0.15) is 6.92 Å². The molecule has 0 radical (unpaired) electrons. The third-order valence-corrected chi connectivity index (χ3v) is 4.45. The zero-order valence-corrected chi connectivity index (χ0v) is 10.9. The normalized spacial score (nSPS) is 13.0. The van der Waals surface area contributed by atoms with E-state index in [0.717, 1.165) is 10.4 Å². The SMILES string of the molecule is CC(C#N)N(C)S(=O)(=O)c1ccc(F)c([N+](=O)[O-])c1. The summed E-state index contributed by atoms with van der Waals surface area (Å²) in [5.74, 6) is -1.13. The molecule has 0 saturated carbocycles. The lowest BCUT2D eigenvalue weighted by molar-refractivity contribution is -0.387. The number of nitro groups is 1. The standard InChI is InChI=1S/C10H10FN3O4S/c1-7(6-12)13(2)19(17,18)8-3-4-9(11)10(5-8)14(15)16/h3-5,7H,1-2H3. The number of sulfonamides is 1. The fourth-order valence-corrected chi connectivity index (χ4v) is 2.55. The van der Waals surface area contributed by atoms with Crippen LogP contribution in [0.2, 0.25) is 0 Å². The molecule has 0 aliphatic heterocycles. The number of benzene rings is 1. The number of nitro benzene ring substituents is 1. The van der Waals surface area contributed by atoms with Crippen molar-refractivity contribution >= 4 is 15.7 Å². The minimum absolute atomic E-state index is 0.440. The van der Waals surface area contributed by atoms with Gasteiger partial charge in [-0.1, -0.05) is 0 Å². The molecule has 19 heavy (non-hydrogen) atoms. The maximum Gasteiger partial charge on any atom is 0.306 e. The van der Waals surface area contributed by atoms with Gasteiger partial charge in [0.05, 0.1) is 15.9 Å². The van der Waals surface area contributed by atoms with Crippen molar-refractivity contribution in [1.82, 2.24) is 4.31 Å². The highest BCUT2D eigenvalue weighted by atomic mass is 32.2. The second-order valence-corrected chi connectivity index (χ2v) is 5.69. The van der Waals surface area contributed by atoms with E-state index in [1.165, 1.54) is 14.0 Å². The summed E-state index contributed by atoms with van der Waals surface area (Å²) in [5, 5.41) is 19.2. The molecular weight excluding hydrogens is 277 g/mol. The molecule has 0 amide bonds. The lowest BCUT2D eigenvalue weighted by Gasteiger charge is -2.18. The molecule has 1 aromatic rings. The number of nitrogens with zero attached hydrogens (tertiary/aromatic N) is 3. The van der Waals surface area contributed by atoms with Crippen LogP contribution in [0.3, 0.4) is 0 Å². The van der Waals surface area contributed by atoms with Crippen LogP contribution in [-0.4, -0.2) is 30.7 Å². The second-order valence-electron chi connectivity index (χ2n) is 3.70. The van der Waals surface area contributed by atoms with E-state index in [1.807, 2.05) is 0 Å². The Hall–Kier alpha value is -2.05. The van der Waals surface area contributed by atoms with Gasteiger partial charge in [-0.05, 0) is 19.1 Å². The molecule has 102 valence electrons. The topological polar surface area (TPSA) is 104 Å². The van der Waals surface area contributed by atoms with Crippen LogP contribution in [0, 0.1) is 27.3 Å². The predicted octanol–water partition coefficient (Wildman–Crippen LogP) is 1.27. The monoisotopic (exact) mass is 287 g/mol. The van der Waals surface area contributed by atoms with Crippen LogP contribution >= 0.6 is 0 Å². The highest BCUT2D eigenvalue weighted by Crippen LogP contribution is 2.24. The fraction of sp³-hybridized carbons (Fsp3) is 0.300. The summed E-state index contributed by atoms with van der Waals surface area (Å²) in [6, 6.07) is 3.03. The van der Waals surface area contributed by atoms with Crippen LogP contribution in [0.15, 0.2) is 23.1 Å². The van der Waals surface area contributed by atoms with Gasteiger partial charge in [-0.2, -0.15) is 14.0 Å². The zero-order valence-electron chi connectivity index (χ0n) is 10.1. The van der Waals surface area contributed by atoms with E-state index in [2.05, 4.69) is 0 Å². The Balaban J connectivity index is 3.35. The van der Waals surface area contributed by atoms with Crippen molar-refractivity contribution < 1.29 is 17.7 Å². The summed E-state index contributed by atoms with van der Waals surface area (Å²) in [7, 11) is -2.92. The molecule has 9 heteroatoms. The number of hydrogen-bond donors (Lipinski definition) is 0. The number of nitriles is 1. The zero-order chi connectivity index (χ0) is 14.8. The summed E-state index contributed by atoms with van der Waals surface area (Å²) in [6.45, 7) is 1.36. The maximum absolute atomic E-state index is 13.1. The van der Waals surface area contributed by atoms with Crippen molar-refractivity contribution in [2.75, 3.05) is 7.05 Å². The number of halogens is 1. The van der Waals surface area contributed by atoms with Crippen LogP contribution in [-0.2, 0) is 10.0 Å². The summed E-state index contributed by atoms with van der Waals surface area (Å²) < 4.78 is 38.0. The first-order valence-electron chi connectivity index (χ1n) is 5.03. The van der Waals surface area contributed by atoms with Crippen molar-refractivity contribution in [3.8, 4) is 6.07 Å². The molecule has 0 aliphatic rings. The van der Waals surface area contributed by atoms with E-state index in [9.17, 15) is 22.9 Å². The van der Waals surface area contributed by atoms with E-state index in [0.29, 0.717) is 12.1 Å². The number of hydrogen-bond acceptors (Lipinski definition) is 5.